The van der Waals surface area contributed by atoms with Crippen LogP contribution in [0.2, 0.25) is 0 Å². The lowest BCUT2D eigenvalue weighted by Crippen LogP contribution is -2.28. The van der Waals surface area contributed by atoms with Crippen molar-refractivity contribution in [1.29, 1.82) is 0 Å². The molecule has 0 aliphatic carbocycles. The Morgan fingerprint density at radius 1 is 1.19 bits per heavy atom. The van der Waals surface area contributed by atoms with Crippen molar-refractivity contribution in [3.8, 4) is 0 Å². The lowest BCUT2D eigenvalue weighted by Gasteiger charge is -2.24. The Balaban J connectivity index is 1.81. The van der Waals surface area contributed by atoms with Crippen molar-refractivity contribution in [3.63, 3.8) is 0 Å². The first-order valence-electron chi connectivity index (χ1n) is 10.5. The van der Waals surface area contributed by atoms with Gasteiger partial charge in [-0.3, -0.25) is 10.1 Å². The van der Waals surface area contributed by atoms with Crippen LogP contribution in [-0.2, 0) is 11.3 Å². The number of hydrogen-bond donors (Lipinski definition) is 2. The Labute approximate surface area is 194 Å². The van der Waals surface area contributed by atoms with Crippen molar-refractivity contribution in [3.05, 3.63) is 15.8 Å². The highest BCUT2D eigenvalue weighted by molar-refractivity contribution is 9.11. The fraction of sp³-hybridized carbons (Fsp3) is 0.600. The van der Waals surface area contributed by atoms with Gasteiger partial charge < -0.3 is 15.0 Å². The summed E-state index contributed by atoms with van der Waals surface area (Å²) in [7, 11) is 0. The van der Waals surface area contributed by atoms with Crippen molar-refractivity contribution in [2.45, 2.75) is 65.5 Å². The number of amides is 2. The van der Waals surface area contributed by atoms with Gasteiger partial charge in [-0.25, -0.2) is 14.5 Å². The highest BCUT2D eigenvalue weighted by Gasteiger charge is 2.25. The van der Waals surface area contributed by atoms with E-state index in [1.54, 1.807) is 27.0 Å². The van der Waals surface area contributed by atoms with Crippen LogP contribution in [0, 0.1) is 0 Å². The Kier molecular flexibility index (Phi) is 7.58. The summed E-state index contributed by atoms with van der Waals surface area (Å²) in [5.41, 5.74) is 0.112. The Bertz CT molecular complexity index is 928. The number of nitrogens with one attached hydrogen (secondary N) is 2. The van der Waals surface area contributed by atoms with Crippen LogP contribution in [0.3, 0.4) is 0 Å². The molecule has 0 radical (unpaired) electrons. The van der Waals surface area contributed by atoms with Crippen molar-refractivity contribution in [1.82, 2.24) is 14.8 Å². The second-order valence-electron chi connectivity index (χ2n) is 8.32. The maximum absolute atomic E-state index is 13.1. The lowest BCUT2D eigenvalue weighted by atomic mass is 10.2. The van der Waals surface area contributed by atoms with Gasteiger partial charge in [0.1, 0.15) is 16.3 Å². The number of ether oxygens (including phenoxy) is 1. The summed E-state index contributed by atoms with van der Waals surface area (Å²) in [4.78, 5) is 31.8. The average Bonchev–Trinajstić information content (AvgIpc) is 3.12. The molecule has 2 N–H and O–H groups in total. The van der Waals surface area contributed by atoms with Gasteiger partial charge in [0.05, 0.1) is 6.20 Å². The number of thiazole rings is 1. The smallest absolute Gasteiger partial charge is 0.412 e. The highest BCUT2D eigenvalue weighted by Crippen LogP contribution is 2.32. The van der Waals surface area contributed by atoms with Gasteiger partial charge in [-0.2, -0.15) is 5.10 Å². The van der Waals surface area contributed by atoms with Crippen LogP contribution in [0.15, 0.2) is 10.1 Å². The van der Waals surface area contributed by atoms with Crippen LogP contribution in [-0.4, -0.2) is 45.5 Å². The molecule has 9 nitrogen and oxygen atoms in total. The van der Waals surface area contributed by atoms with E-state index in [9.17, 15) is 9.59 Å². The molecule has 11 heteroatoms. The summed E-state index contributed by atoms with van der Waals surface area (Å²) >= 11 is 4.45. The first-order chi connectivity index (χ1) is 14.7. The number of carbonyl (C=O) groups is 2. The normalized spacial score (nSPS) is 14.8. The molecule has 0 bridgehead atoms. The molecule has 1 aliphatic heterocycles. The minimum absolute atomic E-state index is 0.119. The van der Waals surface area contributed by atoms with Crippen molar-refractivity contribution >= 4 is 55.8 Å². The molecule has 2 aromatic heterocycles. The fourth-order valence-corrected chi connectivity index (χ4v) is 4.76. The second-order valence-corrected chi connectivity index (χ2v) is 10.6. The quantitative estimate of drug-likeness (QED) is 0.577. The number of rotatable bonds is 5. The lowest BCUT2D eigenvalue weighted by molar-refractivity contribution is 0.0636. The first-order valence-corrected chi connectivity index (χ1v) is 12.1. The van der Waals surface area contributed by atoms with E-state index in [2.05, 4.69) is 41.5 Å². The van der Waals surface area contributed by atoms with Gasteiger partial charge in [-0.05, 0) is 56.5 Å². The molecule has 1 aliphatic rings. The minimum atomic E-state index is -0.648. The molecule has 0 unspecified atom stereocenters. The van der Waals surface area contributed by atoms with Gasteiger partial charge in [0, 0.05) is 19.6 Å². The second kappa shape index (κ2) is 9.99. The number of halogens is 1. The monoisotopic (exact) mass is 512 g/mol. The van der Waals surface area contributed by atoms with Crippen LogP contribution < -0.4 is 15.5 Å². The van der Waals surface area contributed by atoms with Crippen molar-refractivity contribution in [2.24, 2.45) is 0 Å². The number of nitrogens with zero attached hydrogens (tertiary/aromatic N) is 4. The summed E-state index contributed by atoms with van der Waals surface area (Å²) < 4.78 is 7.68. The minimum Gasteiger partial charge on any atom is -0.444 e. The van der Waals surface area contributed by atoms with Crippen LogP contribution >= 0.6 is 27.3 Å². The molecular formula is C20H29BrN6O3S. The van der Waals surface area contributed by atoms with Gasteiger partial charge in [-0.1, -0.05) is 24.2 Å². The zero-order valence-corrected chi connectivity index (χ0v) is 20.7. The molecule has 0 spiro atoms. The van der Waals surface area contributed by atoms with Crippen molar-refractivity contribution < 1.29 is 14.3 Å². The highest BCUT2D eigenvalue weighted by atomic mass is 79.9. The average molecular weight is 513 g/mol. The van der Waals surface area contributed by atoms with E-state index in [0.29, 0.717) is 21.2 Å². The van der Waals surface area contributed by atoms with E-state index in [0.717, 1.165) is 43.1 Å². The molecule has 3 rings (SSSR count). The molecular weight excluding hydrogens is 484 g/mol. The predicted octanol–water partition coefficient (Wildman–Crippen LogP) is 5.10. The van der Waals surface area contributed by atoms with Gasteiger partial charge in [0.25, 0.3) is 5.91 Å². The van der Waals surface area contributed by atoms with Crippen LogP contribution in [0.1, 0.15) is 63.9 Å². The van der Waals surface area contributed by atoms with Crippen LogP contribution in [0.4, 0.5) is 21.3 Å². The maximum Gasteiger partial charge on any atom is 0.412 e. The molecule has 170 valence electrons. The van der Waals surface area contributed by atoms with Crippen molar-refractivity contribution in [2.75, 3.05) is 28.6 Å². The largest absolute Gasteiger partial charge is 0.444 e. The topological polar surface area (TPSA) is 101 Å². The van der Waals surface area contributed by atoms with E-state index in [4.69, 9.17) is 4.74 Å². The molecule has 2 aromatic rings. The van der Waals surface area contributed by atoms with Gasteiger partial charge >= 0.3 is 6.09 Å². The summed E-state index contributed by atoms with van der Waals surface area (Å²) in [6, 6.07) is 0. The first kappa shape index (κ1) is 23.5. The Morgan fingerprint density at radius 2 is 1.87 bits per heavy atom. The van der Waals surface area contributed by atoms with E-state index in [1.807, 2.05) is 11.6 Å². The summed E-state index contributed by atoms with van der Waals surface area (Å²) in [6.45, 7) is 9.93. The molecule has 31 heavy (non-hydrogen) atoms. The fourth-order valence-electron chi connectivity index (χ4n) is 3.43. The number of carbonyl (C=O) groups excluding carboxylic acids is 2. The third-order valence-corrected chi connectivity index (χ3v) is 6.12. The zero-order valence-electron chi connectivity index (χ0n) is 18.3. The summed E-state index contributed by atoms with van der Waals surface area (Å²) in [5, 5.41) is 10.3. The zero-order chi connectivity index (χ0) is 22.6. The maximum atomic E-state index is 13.1. The molecule has 1 fully saturated rings. The molecule has 0 saturated carbocycles. The number of anilines is 3. The third kappa shape index (κ3) is 6.19. The summed E-state index contributed by atoms with van der Waals surface area (Å²) in [5.74, 6) is 0.494. The van der Waals surface area contributed by atoms with Gasteiger partial charge in [-0.15, -0.1) is 0 Å². The van der Waals surface area contributed by atoms with E-state index < -0.39 is 17.6 Å². The van der Waals surface area contributed by atoms with Gasteiger partial charge in [0.15, 0.2) is 15.4 Å². The molecule has 2 amide bonds. The van der Waals surface area contributed by atoms with E-state index in [-0.39, 0.29) is 5.69 Å². The number of aryl methyl sites for hydroxylation is 1. The molecule has 0 aromatic carbocycles. The van der Waals surface area contributed by atoms with E-state index >= 15 is 0 Å². The Morgan fingerprint density at radius 3 is 2.48 bits per heavy atom. The summed E-state index contributed by atoms with van der Waals surface area (Å²) in [6.07, 6.45) is 5.69. The number of hydrogen-bond acceptors (Lipinski definition) is 7. The SMILES string of the molecule is CCn1ncc(NC(=O)c2nc(Br)sc2NC(=O)OC(C)(C)C)c1N1CCCCCC1. The predicted molar refractivity (Wildman–Crippen MR) is 126 cm³/mol. The Hall–Kier alpha value is -2.14. The van der Waals surface area contributed by atoms with Crippen LogP contribution in [0.5, 0.6) is 0 Å². The number of aromatic nitrogens is 3. The van der Waals surface area contributed by atoms with Gasteiger partial charge in [0.2, 0.25) is 0 Å². The standard InChI is InChI=1S/C20H29BrN6O3S/c1-5-27-17(26-10-8-6-7-9-11-26)13(12-22-27)23-15(28)14-16(31-18(21)24-14)25-19(29)30-20(2,3)4/h12H,5-11H2,1-4H3,(H,23,28)(H,25,29). The third-order valence-electron chi connectivity index (χ3n) is 4.70. The van der Waals surface area contributed by atoms with Crippen LogP contribution in [0.25, 0.3) is 0 Å². The molecule has 1 saturated heterocycles. The molecule has 3 heterocycles. The van der Waals surface area contributed by atoms with E-state index in [1.165, 1.54) is 12.8 Å². The molecule has 0 atom stereocenters.